The van der Waals surface area contributed by atoms with E-state index in [1.807, 2.05) is 19.1 Å². The quantitative estimate of drug-likeness (QED) is 0.518. The molecule has 5 rings (SSSR count). The van der Waals surface area contributed by atoms with Crippen molar-refractivity contribution in [3.8, 4) is 11.5 Å². The van der Waals surface area contributed by atoms with Crippen LogP contribution in [0.2, 0.25) is 0 Å². The molecule has 1 aromatic heterocycles. The van der Waals surface area contributed by atoms with E-state index in [-0.39, 0.29) is 36.6 Å². The van der Waals surface area contributed by atoms with E-state index >= 15 is 0 Å². The number of amides is 1. The molecule has 1 saturated heterocycles. The van der Waals surface area contributed by atoms with Crippen LogP contribution in [0.4, 0.5) is 14.5 Å². The van der Waals surface area contributed by atoms with Crippen molar-refractivity contribution in [3.63, 3.8) is 0 Å². The minimum Gasteiger partial charge on any atom is -0.491 e. The molecule has 0 aliphatic carbocycles. The summed E-state index contributed by atoms with van der Waals surface area (Å²) in [5.41, 5.74) is 2.57. The minimum atomic E-state index is -0.359. The molecule has 2 aliphatic heterocycles. The molecular weight excluding hydrogens is 476 g/mol. The van der Waals surface area contributed by atoms with Gasteiger partial charge in [0.05, 0.1) is 11.2 Å². The second kappa shape index (κ2) is 10.7. The molecular formula is C26H28ClF2N3O3. The van der Waals surface area contributed by atoms with Crippen molar-refractivity contribution in [2.45, 2.75) is 26.2 Å². The largest absolute Gasteiger partial charge is 0.491 e. The number of fused-ring (bicyclic) bond motifs is 2. The number of carbonyl (C=O) groups is 1. The normalized spacial score (nSPS) is 16.3. The number of carbonyl (C=O) groups excluding carboxylic acids is 1. The Labute approximate surface area is 209 Å². The first-order valence-electron chi connectivity index (χ1n) is 11.6. The Balaban J connectivity index is 0.00000289. The number of aromatic nitrogens is 1. The zero-order valence-electron chi connectivity index (χ0n) is 19.5. The monoisotopic (exact) mass is 503 g/mol. The third-order valence-electron chi connectivity index (χ3n) is 6.54. The van der Waals surface area contributed by atoms with Gasteiger partial charge < -0.3 is 14.8 Å². The van der Waals surface area contributed by atoms with Crippen LogP contribution in [-0.4, -0.2) is 48.6 Å². The fourth-order valence-corrected chi connectivity index (χ4v) is 4.70. The second-order valence-corrected chi connectivity index (χ2v) is 9.04. The first kappa shape index (κ1) is 25.1. The van der Waals surface area contributed by atoms with Crippen LogP contribution in [-0.2, 0) is 11.2 Å². The molecule has 2 aromatic carbocycles. The summed E-state index contributed by atoms with van der Waals surface area (Å²) in [4.78, 5) is 18.3. The lowest BCUT2D eigenvalue weighted by molar-refractivity contribution is -0.118. The third kappa shape index (κ3) is 5.82. The van der Waals surface area contributed by atoms with E-state index in [4.69, 9.17) is 9.47 Å². The van der Waals surface area contributed by atoms with Gasteiger partial charge in [0.25, 0.3) is 5.91 Å². The van der Waals surface area contributed by atoms with Gasteiger partial charge in [-0.15, -0.1) is 12.4 Å². The number of aryl methyl sites for hydroxylation is 1. The molecule has 1 fully saturated rings. The molecule has 1 N–H and O–H groups in total. The van der Waals surface area contributed by atoms with E-state index in [0.29, 0.717) is 47.2 Å². The van der Waals surface area contributed by atoms with Crippen LogP contribution < -0.4 is 14.8 Å². The Morgan fingerprint density at radius 1 is 1.17 bits per heavy atom. The topological polar surface area (TPSA) is 63.7 Å². The lowest BCUT2D eigenvalue weighted by Crippen LogP contribution is -2.37. The number of piperidine rings is 1. The molecule has 3 heterocycles. The van der Waals surface area contributed by atoms with Crippen molar-refractivity contribution in [2.75, 3.05) is 38.2 Å². The number of hydrogen-bond donors (Lipinski definition) is 1. The van der Waals surface area contributed by atoms with Gasteiger partial charge in [-0.3, -0.25) is 14.7 Å². The van der Waals surface area contributed by atoms with Crippen molar-refractivity contribution >= 4 is 34.9 Å². The molecule has 1 amide bonds. The highest BCUT2D eigenvalue weighted by Gasteiger charge is 2.23. The molecule has 3 aromatic rings. The zero-order chi connectivity index (χ0) is 23.7. The summed E-state index contributed by atoms with van der Waals surface area (Å²) in [6.07, 6.45) is 2.53. The number of rotatable bonds is 6. The van der Waals surface area contributed by atoms with E-state index in [0.717, 1.165) is 43.6 Å². The summed E-state index contributed by atoms with van der Waals surface area (Å²) in [7, 11) is 0. The highest BCUT2D eigenvalue weighted by Crippen LogP contribution is 2.33. The number of ether oxygens (including phenoxy) is 2. The van der Waals surface area contributed by atoms with Crippen LogP contribution in [0.25, 0.3) is 10.9 Å². The summed E-state index contributed by atoms with van der Waals surface area (Å²) < 4.78 is 39.7. The zero-order valence-corrected chi connectivity index (χ0v) is 20.3. The molecule has 0 atom stereocenters. The van der Waals surface area contributed by atoms with Crippen LogP contribution in [0.15, 0.2) is 36.4 Å². The summed E-state index contributed by atoms with van der Waals surface area (Å²) in [6.45, 7) is 4.77. The number of pyridine rings is 1. The van der Waals surface area contributed by atoms with Gasteiger partial charge in [0.2, 0.25) is 0 Å². The van der Waals surface area contributed by atoms with Crippen molar-refractivity contribution < 1.29 is 23.0 Å². The molecule has 0 spiro atoms. The molecule has 9 heteroatoms. The number of hydrogen-bond acceptors (Lipinski definition) is 5. The SMILES string of the molecule is Cc1ccc2c(OCCN3CCC(Cc4cc5c(cc4F)OCC(=O)N5)CC3)cc(F)cc2n1.Cl. The molecule has 0 radical (unpaired) electrons. The molecule has 35 heavy (non-hydrogen) atoms. The fraction of sp³-hybridized carbons (Fsp3) is 0.385. The van der Waals surface area contributed by atoms with E-state index < -0.39 is 0 Å². The van der Waals surface area contributed by atoms with Crippen LogP contribution >= 0.6 is 12.4 Å². The van der Waals surface area contributed by atoms with Gasteiger partial charge >= 0.3 is 0 Å². The van der Waals surface area contributed by atoms with Crippen LogP contribution in [0.1, 0.15) is 24.1 Å². The molecule has 0 bridgehead atoms. The maximum atomic E-state index is 14.5. The van der Waals surface area contributed by atoms with Crippen LogP contribution in [0, 0.1) is 24.5 Å². The number of nitrogens with one attached hydrogen (secondary N) is 1. The Hall–Kier alpha value is -2.97. The van der Waals surface area contributed by atoms with Crippen molar-refractivity contribution in [1.82, 2.24) is 9.88 Å². The Kier molecular flexibility index (Phi) is 7.72. The average Bonchev–Trinajstić information content (AvgIpc) is 2.80. The fourth-order valence-electron chi connectivity index (χ4n) is 4.70. The first-order valence-corrected chi connectivity index (χ1v) is 11.6. The van der Waals surface area contributed by atoms with Crippen molar-refractivity contribution in [2.24, 2.45) is 5.92 Å². The van der Waals surface area contributed by atoms with Crippen LogP contribution in [0.3, 0.4) is 0 Å². The lowest BCUT2D eigenvalue weighted by Gasteiger charge is -2.32. The van der Waals surface area contributed by atoms with E-state index in [9.17, 15) is 13.6 Å². The van der Waals surface area contributed by atoms with Gasteiger partial charge in [-0.25, -0.2) is 8.78 Å². The highest BCUT2D eigenvalue weighted by molar-refractivity contribution is 5.95. The van der Waals surface area contributed by atoms with E-state index in [1.54, 1.807) is 6.07 Å². The second-order valence-electron chi connectivity index (χ2n) is 9.04. The van der Waals surface area contributed by atoms with Crippen LogP contribution in [0.5, 0.6) is 11.5 Å². The first-order chi connectivity index (χ1) is 16.4. The van der Waals surface area contributed by atoms with Gasteiger partial charge in [0.1, 0.15) is 29.7 Å². The lowest BCUT2D eigenvalue weighted by atomic mass is 9.89. The molecule has 6 nitrogen and oxygen atoms in total. The predicted molar refractivity (Wildman–Crippen MR) is 133 cm³/mol. The number of likely N-dealkylation sites (tertiary alicyclic amines) is 1. The number of anilines is 1. The smallest absolute Gasteiger partial charge is 0.262 e. The summed E-state index contributed by atoms with van der Waals surface area (Å²) >= 11 is 0. The Morgan fingerprint density at radius 2 is 1.97 bits per heavy atom. The molecule has 186 valence electrons. The Bertz CT molecular complexity index is 1230. The molecule has 0 unspecified atom stereocenters. The highest BCUT2D eigenvalue weighted by atomic mass is 35.5. The van der Waals surface area contributed by atoms with Gasteiger partial charge in [-0.2, -0.15) is 0 Å². The maximum Gasteiger partial charge on any atom is 0.262 e. The van der Waals surface area contributed by atoms with Gasteiger partial charge in [0, 0.05) is 35.8 Å². The minimum absolute atomic E-state index is 0. The molecule has 2 aliphatic rings. The standard InChI is InChI=1S/C26H27F2N3O3.ClH/c1-16-2-3-20-22(29-16)12-19(27)13-24(20)33-9-8-31-6-4-17(5-7-31)10-18-11-23-25(14-21(18)28)34-15-26(32)30-23;/h2-3,11-14,17H,4-10,15H2,1H3,(H,30,32);1H. The average molecular weight is 504 g/mol. The van der Waals surface area contributed by atoms with Gasteiger partial charge in [-0.1, -0.05) is 0 Å². The number of halogens is 3. The summed E-state index contributed by atoms with van der Waals surface area (Å²) in [5, 5.41) is 3.55. The number of benzene rings is 2. The number of nitrogens with zero attached hydrogens (tertiary/aromatic N) is 2. The van der Waals surface area contributed by atoms with E-state index in [1.165, 1.54) is 18.2 Å². The molecule has 0 saturated carbocycles. The summed E-state index contributed by atoms with van der Waals surface area (Å²) in [6, 6.07) is 9.70. The third-order valence-corrected chi connectivity index (χ3v) is 6.54. The van der Waals surface area contributed by atoms with Crippen molar-refractivity contribution in [3.05, 3.63) is 59.3 Å². The van der Waals surface area contributed by atoms with Gasteiger partial charge in [0.15, 0.2) is 6.61 Å². The predicted octanol–water partition coefficient (Wildman–Crippen LogP) is 4.91. The summed E-state index contributed by atoms with van der Waals surface area (Å²) in [5.74, 6) is 0.383. The maximum absolute atomic E-state index is 14.5. The van der Waals surface area contributed by atoms with Gasteiger partial charge in [-0.05, 0) is 69.0 Å². The van der Waals surface area contributed by atoms with E-state index in [2.05, 4.69) is 15.2 Å². The Morgan fingerprint density at radius 3 is 2.77 bits per heavy atom. The van der Waals surface area contributed by atoms with Crippen molar-refractivity contribution in [1.29, 1.82) is 0 Å².